The van der Waals surface area contributed by atoms with E-state index >= 15 is 0 Å². The Hall–Kier alpha value is -2.76. The van der Waals surface area contributed by atoms with Crippen LogP contribution in [0.25, 0.3) is 27.6 Å². The summed E-state index contributed by atoms with van der Waals surface area (Å²) in [7, 11) is 0. The topological polar surface area (TPSA) is 31.0 Å². The molecule has 6 heteroatoms. The lowest BCUT2D eigenvalue weighted by molar-refractivity contribution is -0.141. The van der Waals surface area contributed by atoms with Gasteiger partial charge >= 0.3 is 6.18 Å². The predicted molar refractivity (Wildman–Crippen MR) is 75.8 cm³/mol. The molecule has 0 saturated heterocycles. The van der Waals surface area contributed by atoms with E-state index in [2.05, 4.69) is 5.10 Å². The van der Waals surface area contributed by atoms with E-state index in [0.29, 0.717) is 16.9 Å². The number of alkyl halides is 3. The van der Waals surface area contributed by atoms with Crippen LogP contribution >= 0.6 is 0 Å². The monoisotopic (exact) mass is 302 g/mol. The van der Waals surface area contributed by atoms with Crippen molar-refractivity contribution >= 4 is 21.9 Å². The van der Waals surface area contributed by atoms with Crippen molar-refractivity contribution in [2.75, 3.05) is 0 Å². The number of hydrogen-bond acceptors (Lipinski definition) is 2. The lowest BCUT2D eigenvalue weighted by Gasteiger charge is -2.03. The van der Waals surface area contributed by atoms with E-state index in [1.807, 2.05) is 30.3 Å². The lowest BCUT2D eigenvalue weighted by Crippen LogP contribution is -2.07. The first-order valence-electron chi connectivity index (χ1n) is 6.57. The van der Waals surface area contributed by atoms with Crippen molar-refractivity contribution in [1.29, 1.82) is 0 Å². The molecule has 2 aromatic heterocycles. The fourth-order valence-corrected chi connectivity index (χ4v) is 2.52. The van der Waals surface area contributed by atoms with E-state index in [0.717, 1.165) is 16.8 Å². The minimum absolute atomic E-state index is 0.476. The molecule has 22 heavy (non-hydrogen) atoms. The second kappa shape index (κ2) is 4.37. The number of furan rings is 1. The molecule has 4 rings (SSSR count). The molecule has 0 spiro atoms. The van der Waals surface area contributed by atoms with Gasteiger partial charge in [-0.15, -0.1) is 0 Å². The summed E-state index contributed by atoms with van der Waals surface area (Å²) in [5.74, 6) is 0. The molecular formula is C16H9F3N2O. The smallest absolute Gasteiger partial charge is 0.435 e. The quantitative estimate of drug-likeness (QED) is 0.506. The van der Waals surface area contributed by atoms with Gasteiger partial charge in [0, 0.05) is 17.0 Å². The number of nitrogens with zero attached hydrogens (tertiary/aromatic N) is 2. The molecule has 0 aliphatic heterocycles. The van der Waals surface area contributed by atoms with Crippen LogP contribution in [0.3, 0.4) is 0 Å². The van der Waals surface area contributed by atoms with Gasteiger partial charge in [0.1, 0.15) is 11.3 Å². The molecule has 0 unspecified atom stereocenters. The summed E-state index contributed by atoms with van der Waals surface area (Å²) >= 11 is 0. The molecule has 0 bridgehead atoms. The van der Waals surface area contributed by atoms with Gasteiger partial charge in [-0.25, -0.2) is 4.68 Å². The van der Waals surface area contributed by atoms with E-state index < -0.39 is 11.9 Å². The van der Waals surface area contributed by atoms with Crippen LogP contribution in [-0.2, 0) is 6.18 Å². The number of benzene rings is 2. The number of halogens is 3. The van der Waals surface area contributed by atoms with E-state index in [1.165, 1.54) is 10.9 Å². The number of aromatic nitrogens is 2. The van der Waals surface area contributed by atoms with Crippen molar-refractivity contribution in [2.45, 2.75) is 6.18 Å². The second-order valence-corrected chi connectivity index (χ2v) is 4.90. The maximum Gasteiger partial charge on any atom is 0.435 e. The molecule has 0 radical (unpaired) electrons. The van der Waals surface area contributed by atoms with Crippen LogP contribution in [0.1, 0.15) is 5.69 Å². The van der Waals surface area contributed by atoms with Gasteiger partial charge in [0.15, 0.2) is 11.3 Å². The lowest BCUT2D eigenvalue weighted by atomic mass is 10.1. The van der Waals surface area contributed by atoms with Crippen LogP contribution in [0.5, 0.6) is 0 Å². The molecule has 0 saturated carbocycles. The summed E-state index contributed by atoms with van der Waals surface area (Å²) in [5, 5.41) is 5.37. The van der Waals surface area contributed by atoms with E-state index in [4.69, 9.17) is 4.42 Å². The summed E-state index contributed by atoms with van der Waals surface area (Å²) in [6, 6.07) is 13.7. The predicted octanol–water partition coefficient (Wildman–Crippen LogP) is 4.79. The van der Waals surface area contributed by atoms with Crippen LogP contribution < -0.4 is 0 Å². The van der Waals surface area contributed by atoms with Crippen LogP contribution in [0.15, 0.2) is 59.1 Å². The summed E-state index contributed by atoms with van der Waals surface area (Å²) in [5.41, 5.74) is 0.749. The number of rotatable bonds is 1. The molecule has 0 atom stereocenters. The molecule has 0 aliphatic rings. The zero-order chi connectivity index (χ0) is 15.3. The average Bonchev–Trinajstić information content (AvgIpc) is 3.11. The third-order valence-corrected chi connectivity index (χ3v) is 3.51. The summed E-state index contributed by atoms with van der Waals surface area (Å²) in [6.45, 7) is 0. The summed E-state index contributed by atoms with van der Waals surface area (Å²) in [6.07, 6.45) is -3.18. The maximum absolute atomic E-state index is 12.7. The zero-order valence-electron chi connectivity index (χ0n) is 11.1. The highest BCUT2D eigenvalue weighted by Crippen LogP contribution is 2.33. The van der Waals surface area contributed by atoms with Crippen molar-refractivity contribution in [3.8, 4) is 5.69 Å². The Balaban J connectivity index is 1.97. The molecule has 0 fully saturated rings. The SMILES string of the molecule is FC(F)(F)c1ccn(-c2cccc3c2oc2ccccc23)n1. The normalized spacial score (nSPS) is 12.3. The Morgan fingerprint density at radius 3 is 2.45 bits per heavy atom. The first kappa shape index (κ1) is 12.9. The largest absolute Gasteiger partial charge is 0.454 e. The van der Waals surface area contributed by atoms with E-state index in [-0.39, 0.29) is 0 Å². The maximum atomic E-state index is 12.7. The fourth-order valence-electron chi connectivity index (χ4n) is 2.52. The van der Waals surface area contributed by atoms with Crippen LogP contribution in [0, 0.1) is 0 Å². The number of para-hydroxylation sites is 2. The van der Waals surface area contributed by atoms with Crippen LogP contribution in [0.2, 0.25) is 0 Å². The average molecular weight is 302 g/mol. The van der Waals surface area contributed by atoms with Gasteiger partial charge in [-0.1, -0.05) is 30.3 Å². The van der Waals surface area contributed by atoms with Crippen molar-refractivity contribution < 1.29 is 17.6 Å². The van der Waals surface area contributed by atoms with Crippen molar-refractivity contribution in [2.24, 2.45) is 0 Å². The zero-order valence-corrected chi connectivity index (χ0v) is 11.1. The Kier molecular flexibility index (Phi) is 2.57. The minimum Gasteiger partial charge on any atom is -0.454 e. The third-order valence-electron chi connectivity index (χ3n) is 3.51. The highest BCUT2D eigenvalue weighted by Gasteiger charge is 2.33. The standard InChI is InChI=1S/C16H9F3N2O/c17-16(18,19)14-8-9-21(20-14)12-6-3-5-11-10-4-1-2-7-13(10)22-15(11)12/h1-9H. The minimum atomic E-state index is -4.47. The van der Waals surface area contributed by atoms with Gasteiger partial charge in [-0.2, -0.15) is 18.3 Å². The number of fused-ring (bicyclic) bond motifs is 3. The molecule has 2 aromatic carbocycles. The van der Waals surface area contributed by atoms with Gasteiger partial charge in [0.2, 0.25) is 0 Å². The molecule has 2 heterocycles. The number of hydrogen-bond donors (Lipinski definition) is 0. The van der Waals surface area contributed by atoms with Gasteiger partial charge in [-0.05, 0) is 18.2 Å². The Labute approximate surface area is 122 Å². The van der Waals surface area contributed by atoms with Gasteiger partial charge in [-0.3, -0.25) is 0 Å². The molecule has 3 nitrogen and oxygen atoms in total. The van der Waals surface area contributed by atoms with Crippen LogP contribution in [-0.4, -0.2) is 9.78 Å². The first-order chi connectivity index (χ1) is 10.5. The Morgan fingerprint density at radius 1 is 0.909 bits per heavy atom. The highest BCUT2D eigenvalue weighted by molar-refractivity contribution is 6.07. The Morgan fingerprint density at radius 2 is 1.68 bits per heavy atom. The van der Waals surface area contributed by atoms with Crippen molar-refractivity contribution in [3.05, 3.63) is 60.4 Å². The molecule has 110 valence electrons. The highest BCUT2D eigenvalue weighted by atomic mass is 19.4. The second-order valence-electron chi connectivity index (χ2n) is 4.90. The molecule has 0 N–H and O–H groups in total. The summed E-state index contributed by atoms with van der Waals surface area (Å²) in [4.78, 5) is 0. The molecule has 4 aromatic rings. The van der Waals surface area contributed by atoms with Gasteiger partial charge in [0.25, 0.3) is 0 Å². The van der Waals surface area contributed by atoms with E-state index in [1.54, 1.807) is 12.1 Å². The molecular weight excluding hydrogens is 293 g/mol. The van der Waals surface area contributed by atoms with Gasteiger partial charge < -0.3 is 4.42 Å². The third kappa shape index (κ3) is 1.88. The summed E-state index contributed by atoms with van der Waals surface area (Å²) < 4.78 is 45.1. The van der Waals surface area contributed by atoms with E-state index in [9.17, 15) is 13.2 Å². The van der Waals surface area contributed by atoms with Crippen LogP contribution in [0.4, 0.5) is 13.2 Å². The fraction of sp³-hybridized carbons (Fsp3) is 0.0625. The first-order valence-corrected chi connectivity index (χ1v) is 6.57. The van der Waals surface area contributed by atoms with Crippen molar-refractivity contribution in [1.82, 2.24) is 9.78 Å². The molecule has 0 aliphatic carbocycles. The van der Waals surface area contributed by atoms with Crippen molar-refractivity contribution in [3.63, 3.8) is 0 Å². The van der Waals surface area contributed by atoms with Gasteiger partial charge in [0.05, 0.1) is 0 Å². The molecule has 0 amide bonds. The Bertz CT molecular complexity index is 982.